The summed E-state index contributed by atoms with van der Waals surface area (Å²) >= 11 is 0. The van der Waals surface area contributed by atoms with Gasteiger partial charge >= 0.3 is 0 Å². The van der Waals surface area contributed by atoms with Gasteiger partial charge in [0.15, 0.2) is 0 Å². The van der Waals surface area contributed by atoms with Gasteiger partial charge in [-0.05, 0) is 43.5 Å². The standard InChI is InChI=1S/C17H28N2O2/c1-3-16(18)17(13-7-9-15(21-2)10-8-13)19-11-5-4-6-14(19)12-20/h7-10,14,16-17,20H,3-6,11-12,18H2,1-2H3. The quantitative estimate of drug-likeness (QED) is 0.845. The van der Waals surface area contributed by atoms with Gasteiger partial charge in [0.2, 0.25) is 0 Å². The molecule has 0 spiro atoms. The van der Waals surface area contributed by atoms with Crippen LogP contribution in [0.3, 0.4) is 0 Å². The fourth-order valence-corrected chi connectivity index (χ4v) is 3.29. The third kappa shape index (κ3) is 3.76. The number of piperidine rings is 1. The Kier molecular flexibility index (Phi) is 6.03. The maximum Gasteiger partial charge on any atom is 0.118 e. The molecule has 1 heterocycles. The molecule has 0 saturated carbocycles. The zero-order chi connectivity index (χ0) is 15.2. The lowest BCUT2D eigenvalue weighted by Crippen LogP contribution is -2.49. The van der Waals surface area contributed by atoms with Crippen LogP contribution in [0.25, 0.3) is 0 Å². The minimum Gasteiger partial charge on any atom is -0.497 e. The first-order valence-electron chi connectivity index (χ1n) is 7.97. The van der Waals surface area contributed by atoms with E-state index in [9.17, 15) is 5.11 Å². The van der Waals surface area contributed by atoms with Crippen LogP contribution in [0.15, 0.2) is 24.3 Å². The number of benzene rings is 1. The summed E-state index contributed by atoms with van der Waals surface area (Å²) in [4.78, 5) is 2.40. The molecule has 4 heteroatoms. The summed E-state index contributed by atoms with van der Waals surface area (Å²) in [5, 5.41) is 9.69. The summed E-state index contributed by atoms with van der Waals surface area (Å²) in [6.07, 6.45) is 4.35. The van der Waals surface area contributed by atoms with Crippen molar-refractivity contribution in [2.75, 3.05) is 20.3 Å². The third-order valence-corrected chi connectivity index (χ3v) is 4.58. The normalized spacial score (nSPS) is 22.8. The Morgan fingerprint density at radius 1 is 1.33 bits per heavy atom. The third-order valence-electron chi connectivity index (χ3n) is 4.58. The van der Waals surface area contributed by atoms with Crippen LogP contribution in [0.4, 0.5) is 0 Å². The average molecular weight is 292 g/mol. The van der Waals surface area contributed by atoms with Crippen LogP contribution in [-0.2, 0) is 0 Å². The van der Waals surface area contributed by atoms with Gasteiger partial charge in [-0.1, -0.05) is 25.5 Å². The molecule has 0 aromatic heterocycles. The van der Waals surface area contributed by atoms with Crippen LogP contribution in [0.5, 0.6) is 5.75 Å². The lowest BCUT2D eigenvalue weighted by atomic mass is 9.91. The predicted octanol–water partition coefficient (Wildman–Crippen LogP) is 2.32. The fraction of sp³-hybridized carbons (Fsp3) is 0.647. The van der Waals surface area contributed by atoms with Crippen molar-refractivity contribution in [3.63, 3.8) is 0 Å². The molecular formula is C17H28N2O2. The van der Waals surface area contributed by atoms with Crippen LogP contribution in [-0.4, -0.2) is 42.4 Å². The number of nitrogens with two attached hydrogens (primary N) is 1. The highest BCUT2D eigenvalue weighted by molar-refractivity contribution is 5.30. The highest BCUT2D eigenvalue weighted by Gasteiger charge is 2.32. The minimum absolute atomic E-state index is 0.0746. The summed E-state index contributed by atoms with van der Waals surface area (Å²) in [6.45, 7) is 3.35. The second-order valence-corrected chi connectivity index (χ2v) is 5.86. The van der Waals surface area contributed by atoms with Crippen molar-refractivity contribution >= 4 is 0 Å². The Morgan fingerprint density at radius 3 is 2.62 bits per heavy atom. The van der Waals surface area contributed by atoms with Gasteiger partial charge in [-0.25, -0.2) is 0 Å². The van der Waals surface area contributed by atoms with Crippen molar-refractivity contribution < 1.29 is 9.84 Å². The van der Waals surface area contributed by atoms with E-state index in [-0.39, 0.29) is 24.7 Å². The van der Waals surface area contributed by atoms with Gasteiger partial charge in [0.05, 0.1) is 19.8 Å². The summed E-state index contributed by atoms with van der Waals surface area (Å²) < 4.78 is 5.24. The molecule has 0 aliphatic carbocycles. The van der Waals surface area contributed by atoms with Crippen molar-refractivity contribution in [2.24, 2.45) is 5.73 Å². The lowest BCUT2D eigenvalue weighted by Gasteiger charge is -2.43. The Hall–Kier alpha value is -1.10. The monoisotopic (exact) mass is 292 g/mol. The van der Waals surface area contributed by atoms with Gasteiger partial charge in [0.25, 0.3) is 0 Å². The first kappa shape index (κ1) is 16.3. The van der Waals surface area contributed by atoms with Gasteiger partial charge < -0.3 is 15.6 Å². The van der Waals surface area contributed by atoms with E-state index in [1.165, 1.54) is 18.4 Å². The van der Waals surface area contributed by atoms with Crippen molar-refractivity contribution in [2.45, 2.75) is 50.7 Å². The number of aliphatic hydroxyl groups excluding tert-OH is 1. The van der Waals surface area contributed by atoms with Crippen molar-refractivity contribution in [1.29, 1.82) is 0 Å². The molecule has 1 aliphatic rings. The molecular weight excluding hydrogens is 264 g/mol. The topological polar surface area (TPSA) is 58.7 Å². The molecule has 1 aromatic carbocycles. The number of likely N-dealkylation sites (tertiary alicyclic amines) is 1. The lowest BCUT2D eigenvalue weighted by molar-refractivity contribution is 0.0416. The number of ether oxygens (including phenoxy) is 1. The molecule has 1 aromatic rings. The first-order chi connectivity index (χ1) is 10.2. The second-order valence-electron chi connectivity index (χ2n) is 5.86. The molecule has 1 aliphatic heterocycles. The van der Waals surface area contributed by atoms with Gasteiger partial charge in [-0.3, -0.25) is 4.90 Å². The number of nitrogens with zero attached hydrogens (tertiary/aromatic N) is 1. The molecule has 3 atom stereocenters. The maximum absolute atomic E-state index is 9.69. The summed E-state index contributed by atoms with van der Waals surface area (Å²) in [7, 11) is 1.68. The van der Waals surface area contributed by atoms with Crippen molar-refractivity contribution in [3.05, 3.63) is 29.8 Å². The number of methoxy groups -OCH3 is 1. The Balaban J connectivity index is 2.27. The molecule has 4 nitrogen and oxygen atoms in total. The van der Waals surface area contributed by atoms with Crippen LogP contribution < -0.4 is 10.5 Å². The highest BCUT2D eigenvalue weighted by atomic mass is 16.5. The molecule has 2 rings (SSSR count). The molecule has 118 valence electrons. The van der Waals surface area contributed by atoms with E-state index >= 15 is 0 Å². The SMILES string of the molecule is CCC(N)C(c1ccc(OC)cc1)N1CCCCC1CO. The second kappa shape index (κ2) is 7.78. The average Bonchev–Trinajstić information content (AvgIpc) is 2.56. The number of hydrogen-bond acceptors (Lipinski definition) is 4. The molecule has 0 radical (unpaired) electrons. The Morgan fingerprint density at radius 2 is 2.05 bits per heavy atom. The highest BCUT2D eigenvalue weighted by Crippen LogP contribution is 2.32. The molecule has 0 amide bonds. The summed E-state index contributed by atoms with van der Waals surface area (Å²) in [5.41, 5.74) is 7.63. The van der Waals surface area contributed by atoms with Crippen LogP contribution in [0.1, 0.15) is 44.2 Å². The minimum atomic E-state index is 0.0746. The van der Waals surface area contributed by atoms with Crippen LogP contribution >= 0.6 is 0 Å². The van der Waals surface area contributed by atoms with E-state index in [1.54, 1.807) is 7.11 Å². The molecule has 21 heavy (non-hydrogen) atoms. The summed E-state index contributed by atoms with van der Waals surface area (Å²) in [5.74, 6) is 0.861. The van der Waals surface area contributed by atoms with Gasteiger partial charge in [0.1, 0.15) is 5.75 Å². The molecule has 1 fully saturated rings. The number of aliphatic hydroxyl groups is 1. The number of rotatable bonds is 6. The first-order valence-corrected chi connectivity index (χ1v) is 7.97. The zero-order valence-electron chi connectivity index (χ0n) is 13.2. The van der Waals surface area contributed by atoms with Crippen molar-refractivity contribution in [3.8, 4) is 5.75 Å². The zero-order valence-corrected chi connectivity index (χ0v) is 13.2. The predicted molar refractivity (Wildman–Crippen MR) is 85.4 cm³/mol. The largest absolute Gasteiger partial charge is 0.497 e. The Labute approximate surface area is 127 Å². The van der Waals surface area contributed by atoms with E-state index in [0.29, 0.717) is 0 Å². The van der Waals surface area contributed by atoms with E-state index < -0.39 is 0 Å². The van der Waals surface area contributed by atoms with Crippen molar-refractivity contribution in [1.82, 2.24) is 4.90 Å². The summed E-state index contributed by atoms with van der Waals surface area (Å²) in [6, 6.07) is 8.64. The van der Waals surface area contributed by atoms with Crippen LogP contribution in [0, 0.1) is 0 Å². The number of hydrogen-bond donors (Lipinski definition) is 2. The fourth-order valence-electron chi connectivity index (χ4n) is 3.29. The smallest absolute Gasteiger partial charge is 0.118 e. The molecule has 3 unspecified atom stereocenters. The van der Waals surface area contributed by atoms with E-state index in [1.807, 2.05) is 12.1 Å². The van der Waals surface area contributed by atoms with Gasteiger partial charge in [-0.15, -0.1) is 0 Å². The van der Waals surface area contributed by atoms with Crippen LogP contribution in [0.2, 0.25) is 0 Å². The molecule has 3 N–H and O–H groups in total. The van der Waals surface area contributed by atoms with Gasteiger partial charge in [0, 0.05) is 12.1 Å². The van der Waals surface area contributed by atoms with Gasteiger partial charge in [-0.2, -0.15) is 0 Å². The Bertz CT molecular complexity index is 421. The van der Waals surface area contributed by atoms with E-state index in [2.05, 4.69) is 24.0 Å². The maximum atomic E-state index is 9.69. The van der Waals surface area contributed by atoms with E-state index in [0.717, 1.165) is 25.1 Å². The molecule has 1 saturated heterocycles. The van der Waals surface area contributed by atoms with E-state index in [4.69, 9.17) is 10.5 Å². The molecule has 0 bridgehead atoms.